The summed E-state index contributed by atoms with van der Waals surface area (Å²) in [7, 11) is 3.49. The van der Waals surface area contributed by atoms with Crippen molar-refractivity contribution >= 4 is 17.8 Å². The fourth-order valence-electron chi connectivity index (χ4n) is 5.23. The summed E-state index contributed by atoms with van der Waals surface area (Å²) >= 11 is 0. The normalized spacial score (nSPS) is 18.9. The topological polar surface area (TPSA) is 98.7 Å². The Morgan fingerprint density at radius 1 is 1.00 bits per heavy atom. The number of carboxylic acids is 1. The third-order valence-electron chi connectivity index (χ3n) is 7.59. The van der Waals surface area contributed by atoms with Crippen LogP contribution in [0.15, 0.2) is 11.6 Å². The molecule has 7 nitrogen and oxygen atoms in total. The first-order chi connectivity index (χ1) is 15.5. The van der Waals surface area contributed by atoms with Gasteiger partial charge in [0.1, 0.15) is 6.04 Å². The van der Waals surface area contributed by atoms with E-state index in [1.807, 2.05) is 41.7 Å². The minimum absolute atomic E-state index is 0.00913. The van der Waals surface area contributed by atoms with Gasteiger partial charge in [0.2, 0.25) is 11.8 Å². The molecule has 1 fully saturated rings. The maximum Gasteiger partial charge on any atom is 0.331 e. The molecule has 0 aromatic heterocycles. The molecule has 0 bridgehead atoms. The molecular weight excluding hydrogens is 430 g/mol. The van der Waals surface area contributed by atoms with Gasteiger partial charge in [-0.3, -0.25) is 9.59 Å². The van der Waals surface area contributed by atoms with E-state index in [4.69, 9.17) is 0 Å². The lowest BCUT2D eigenvalue weighted by molar-refractivity contribution is -0.141. The third-order valence-corrected chi connectivity index (χ3v) is 7.59. The van der Waals surface area contributed by atoms with Crippen molar-refractivity contribution in [2.45, 2.75) is 106 Å². The predicted molar refractivity (Wildman–Crippen MR) is 137 cm³/mol. The Morgan fingerprint density at radius 3 is 1.94 bits per heavy atom. The molecule has 0 aromatic carbocycles. The Kier molecular flexibility index (Phi) is 10.8. The van der Waals surface area contributed by atoms with Crippen molar-refractivity contribution in [2.75, 3.05) is 14.1 Å². The van der Waals surface area contributed by atoms with Gasteiger partial charge in [0, 0.05) is 12.6 Å². The van der Waals surface area contributed by atoms with Gasteiger partial charge in [-0.05, 0) is 49.5 Å². The number of nitrogens with one attached hydrogen (secondary N) is 2. The van der Waals surface area contributed by atoms with E-state index in [0.29, 0.717) is 5.92 Å². The Morgan fingerprint density at radius 2 is 1.53 bits per heavy atom. The molecule has 0 aliphatic heterocycles. The molecule has 0 heterocycles. The number of amides is 2. The van der Waals surface area contributed by atoms with Crippen LogP contribution in [-0.2, 0) is 14.4 Å². The minimum Gasteiger partial charge on any atom is -0.478 e. The summed E-state index contributed by atoms with van der Waals surface area (Å²) in [6, 6.07) is -1.57. The van der Waals surface area contributed by atoms with E-state index in [0.717, 1.165) is 12.8 Å². The van der Waals surface area contributed by atoms with Crippen molar-refractivity contribution < 1.29 is 19.5 Å². The van der Waals surface area contributed by atoms with E-state index in [1.165, 1.54) is 26.2 Å². The van der Waals surface area contributed by atoms with E-state index < -0.39 is 29.5 Å². The first-order valence-electron chi connectivity index (χ1n) is 12.7. The summed E-state index contributed by atoms with van der Waals surface area (Å²) in [5.74, 6) is -0.938. The van der Waals surface area contributed by atoms with E-state index in [9.17, 15) is 19.5 Å². The predicted octanol–water partition coefficient (Wildman–Crippen LogP) is 4.23. The molecule has 7 heteroatoms. The van der Waals surface area contributed by atoms with Crippen LogP contribution in [0.5, 0.6) is 0 Å². The van der Waals surface area contributed by atoms with Crippen LogP contribution in [0.3, 0.4) is 0 Å². The van der Waals surface area contributed by atoms with E-state index in [-0.39, 0.29) is 28.7 Å². The first-order valence-corrected chi connectivity index (χ1v) is 12.7. The smallest absolute Gasteiger partial charge is 0.331 e. The molecule has 34 heavy (non-hydrogen) atoms. The van der Waals surface area contributed by atoms with Crippen molar-refractivity contribution in [3.63, 3.8) is 0 Å². The maximum absolute atomic E-state index is 13.7. The second-order valence-electron chi connectivity index (χ2n) is 12.0. The summed E-state index contributed by atoms with van der Waals surface area (Å²) in [6.07, 6.45) is 7.50. The summed E-state index contributed by atoms with van der Waals surface area (Å²) in [6.45, 7) is 15.6. The Balaban J connectivity index is 3.21. The summed E-state index contributed by atoms with van der Waals surface area (Å²) in [5.41, 5.74) is -0.584. The van der Waals surface area contributed by atoms with Crippen molar-refractivity contribution in [3.8, 4) is 0 Å². The first kappa shape index (κ1) is 30.1. The number of nitrogens with zero attached hydrogens (tertiary/aromatic N) is 1. The van der Waals surface area contributed by atoms with Gasteiger partial charge in [0.15, 0.2) is 0 Å². The summed E-state index contributed by atoms with van der Waals surface area (Å²) in [4.78, 5) is 40.2. The molecule has 1 aliphatic rings. The van der Waals surface area contributed by atoms with Crippen LogP contribution in [0.2, 0.25) is 0 Å². The van der Waals surface area contributed by atoms with Gasteiger partial charge in [-0.1, -0.05) is 73.8 Å². The molecule has 1 saturated carbocycles. The van der Waals surface area contributed by atoms with Crippen LogP contribution in [0.4, 0.5) is 0 Å². The molecule has 0 saturated heterocycles. The van der Waals surface area contributed by atoms with Gasteiger partial charge < -0.3 is 20.6 Å². The highest BCUT2D eigenvalue weighted by molar-refractivity contribution is 5.91. The highest BCUT2D eigenvalue weighted by atomic mass is 16.4. The average Bonchev–Trinajstić information content (AvgIpc) is 2.74. The number of carboxylic acid groups (broad SMARTS) is 1. The molecule has 3 N–H and O–H groups in total. The summed E-state index contributed by atoms with van der Waals surface area (Å²) in [5, 5.41) is 15.6. The second kappa shape index (κ2) is 12.2. The van der Waals surface area contributed by atoms with Crippen molar-refractivity contribution in [1.29, 1.82) is 0 Å². The van der Waals surface area contributed by atoms with Crippen molar-refractivity contribution in [1.82, 2.24) is 15.5 Å². The zero-order valence-corrected chi connectivity index (χ0v) is 23.1. The molecule has 0 aromatic rings. The van der Waals surface area contributed by atoms with Gasteiger partial charge in [0.25, 0.3) is 0 Å². The lowest BCUT2D eigenvalue weighted by atomic mass is 9.66. The van der Waals surface area contributed by atoms with Gasteiger partial charge in [0.05, 0.1) is 12.1 Å². The van der Waals surface area contributed by atoms with E-state index in [1.54, 1.807) is 18.0 Å². The van der Waals surface area contributed by atoms with Crippen LogP contribution in [0.1, 0.15) is 87.5 Å². The van der Waals surface area contributed by atoms with Gasteiger partial charge >= 0.3 is 5.97 Å². The molecule has 0 spiro atoms. The largest absolute Gasteiger partial charge is 0.478 e. The zero-order chi connectivity index (χ0) is 26.4. The second-order valence-corrected chi connectivity index (χ2v) is 12.0. The lowest BCUT2D eigenvalue weighted by Crippen LogP contribution is -2.61. The molecule has 0 radical (unpaired) electrons. The molecule has 1 rings (SSSR count). The summed E-state index contributed by atoms with van der Waals surface area (Å²) < 4.78 is 0. The zero-order valence-electron chi connectivity index (χ0n) is 23.1. The van der Waals surface area contributed by atoms with E-state index in [2.05, 4.69) is 24.5 Å². The lowest BCUT2D eigenvalue weighted by Gasteiger charge is -2.43. The standard InChI is InChI=1S/C27H49N3O4/c1-17(2)20(16-18(3)25(33)34)30(10)24(32)22(26(4,5)6)29-23(31)21(28-9)27(7,8)19-14-12-11-13-15-19/h16-17,19-22,28H,11-15H2,1-10H3,(H,29,31)(H,33,34)/b18-16+/t20-,21+,22-/m1/s1. The quantitative estimate of drug-likeness (QED) is 0.407. The Labute approximate surface area is 207 Å². The Bertz CT molecular complexity index is 745. The molecule has 3 atom stereocenters. The maximum atomic E-state index is 13.7. The van der Waals surface area contributed by atoms with E-state index >= 15 is 0 Å². The molecule has 0 unspecified atom stereocenters. The molecule has 2 amide bonds. The van der Waals surface area contributed by atoms with Crippen LogP contribution < -0.4 is 10.6 Å². The fourth-order valence-corrected chi connectivity index (χ4v) is 5.23. The van der Waals surface area contributed by atoms with Crippen LogP contribution in [-0.4, -0.2) is 60.0 Å². The number of likely N-dealkylation sites (N-methyl/N-ethyl adjacent to an activating group) is 2. The Hall–Kier alpha value is -1.89. The van der Waals surface area contributed by atoms with Crippen LogP contribution >= 0.6 is 0 Å². The molecule has 1 aliphatic carbocycles. The van der Waals surface area contributed by atoms with Gasteiger partial charge in [-0.15, -0.1) is 0 Å². The number of carbonyl (C=O) groups excluding carboxylic acids is 2. The third kappa shape index (κ3) is 7.56. The fraction of sp³-hybridized carbons (Fsp3) is 0.815. The number of hydrogen-bond donors (Lipinski definition) is 3. The molecule has 196 valence electrons. The van der Waals surface area contributed by atoms with Crippen molar-refractivity contribution in [2.24, 2.45) is 22.7 Å². The van der Waals surface area contributed by atoms with Gasteiger partial charge in [-0.2, -0.15) is 0 Å². The molecular formula is C27H49N3O4. The number of rotatable bonds is 10. The number of hydrogen-bond acceptors (Lipinski definition) is 4. The highest BCUT2D eigenvalue weighted by Gasteiger charge is 2.44. The monoisotopic (exact) mass is 479 g/mol. The number of carbonyl (C=O) groups is 3. The minimum atomic E-state index is -1.01. The van der Waals surface area contributed by atoms with Crippen LogP contribution in [0, 0.1) is 22.7 Å². The average molecular weight is 480 g/mol. The van der Waals surface area contributed by atoms with Crippen molar-refractivity contribution in [3.05, 3.63) is 11.6 Å². The number of aliphatic carboxylic acids is 1. The SMILES string of the molecule is CN[C@@H](C(=O)N[C@H](C(=O)N(C)[C@H](/C=C(\C)C(=O)O)C(C)C)C(C)(C)C)C(C)(C)C1CCCCC1. The van der Waals surface area contributed by atoms with Crippen LogP contribution in [0.25, 0.3) is 0 Å². The van der Waals surface area contributed by atoms with Gasteiger partial charge in [-0.25, -0.2) is 4.79 Å². The highest BCUT2D eigenvalue weighted by Crippen LogP contribution is 2.41.